The lowest BCUT2D eigenvalue weighted by Gasteiger charge is -2.05. The number of nitrogens with zero attached hydrogens (tertiary/aromatic N) is 3. The van der Waals surface area contributed by atoms with Crippen LogP contribution < -0.4 is 5.43 Å². The highest BCUT2D eigenvalue weighted by Crippen LogP contribution is 2.28. The molecule has 1 aliphatic carbocycles. The molecule has 1 aromatic rings. The number of halogens is 1. The van der Waals surface area contributed by atoms with Gasteiger partial charge in [-0.15, -0.1) is 0 Å². The molecule has 1 saturated carbocycles. The summed E-state index contributed by atoms with van der Waals surface area (Å²) in [6.07, 6.45) is 3.50. The Morgan fingerprint density at radius 2 is 2.32 bits per heavy atom. The maximum Gasteiger partial charge on any atom is 0.243 e. The molecule has 1 amide bonds. The number of aryl methyl sites for hydroxylation is 1. The lowest BCUT2D eigenvalue weighted by Crippen LogP contribution is -2.19. The van der Waals surface area contributed by atoms with Crippen molar-refractivity contribution in [2.75, 3.05) is 0 Å². The van der Waals surface area contributed by atoms with Crippen LogP contribution in [0.3, 0.4) is 0 Å². The van der Waals surface area contributed by atoms with E-state index in [-0.39, 0.29) is 11.8 Å². The van der Waals surface area contributed by atoms with Crippen molar-refractivity contribution < 1.29 is 4.79 Å². The SMILES string of the molecule is Cc1nn(CC(C)C)c(Cl)c1/C=N\NC(=O)C1CC1. The Balaban J connectivity index is 2.04. The first-order chi connectivity index (χ1) is 8.99. The molecule has 0 aliphatic heterocycles. The summed E-state index contributed by atoms with van der Waals surface area (Å²) < 4.78 is 1.77. The Kier molecular flexibility index (Phi) is 4.24. The number of hydrogen-bond acceptors (Lipinski definition) is 3. The average Bonchev–Trinajstić information content (AvgIpc) is 3.12. The Labute approximate surface area is 118 Å². The molecule has 1 aromatic heterocycles. The standard InChI is InChI=1S/C13H19ClN4O/c1-8(2)7-18-12(14)11(9(3)17-18)6-15-16-13(19)10-4-5-10/h6,8,10H,4-5,7H2,1-3H3,(H,16,19)/b15-6-. The minimum absolute atomic E-state index is 0.0143. The first-order valence-corrected chi connectivity index (χ1v) is 6.92. The molecule has 5 nitrogen and oxygen atoms in total. The van der Waals surface area contributed by atoms with E-state index in [1.165, 1.54) is 0 Å². The smallest absolute Gasteiger partial charge is 0.243 e. The number of hydrogen-bond donors (Lipinski definition) is 1. The predicted molar refractivity (Wildman–Crippen MR) is 75.3 cm³/mol. The minimum atomic E-state index is -0.0143. The van der Waals surface area contributed by atoms with E-state index in [2.05, 4.69) is 29.5 Å². The number of nitrogens with one attached hydrogen (secondary N) is 1. The van der Waals surface area contributed by atoms with E-state index in [9.17, 15) is 4.79 Å². The number of rotatable bonds is 5. The van der Waals surface area contributed by atoms with Gasteiger partial charge in [0.25, 0.3) is 0 Å². The second-order valence-electron chi connectivity index (χ2n) is 5.37. The lowest BCUT2D eigenvalue weighted by atomic mass is 10.2. The summed E-state index contributed by atoms with van der Waals surface area (Å²) in [5.41, 5.74) is 4.11. The molecular weight excluding hydrogens is 264 g/mol. The van der Waals surface area contributed by atoms with Crippen LogP contribution in [0.25, 0.3) is 0 Å². The summed E-state index contributed by atoms with van der Waals surface area (Å²) in [4.78, 5) is 11.4. The Morgan fingerprint density at radius 1 is 1.63 bits per heavy atom. The van der Waals surface area contributed by atoms with Gasteiger partial charge in [-0.25, -0.2) is 5.43 Å². The maximum atomic E-state index is 11.4. The van der Waals surface area contributed by atoms with Gasteiger partial charge in [0.15, 0.2) is 0 Å². The molecule has 0 radical (unpaired) electrons. The summed E-state index contributed by atoms with van der Waals surface area (Å²) in [6.45, 7) is 6.86. The van der Waals surface area contributed by atoms with Crippen molar-refractivity contribution in [2.24, 2.45) is 16.9 Å². The largest absolute Gasteiger partial charge is 0.273 e. The van der Waals surface area contributed by atoms with Crippen LogP contribution in [0.1, 0.15) is 37.9 Å². The van der Waals surface area contributed by atoms with Crippen LogP contribution in [0.5, 0.6) is 0 Å². The number of carbonyl (C=O) groups excluding carboxylic acids is 1. The van der Waals surface area contributed by atoms with E-state index in [1.54, 1.807) is 10.9 Å². The van der Waals surface area contributed by atoms with Gasteiger partial charge in [0, 0.05) is 12.5 Å². The fourth-order valence-corrected chi connectivity index (χ4v) is 2.07. The zero-order chi connectivity index (χ0) is 14.0. The van der Waals surface area contributed by atoms with Crippen molar-refractivity contribution in [1.82, 2.24) is 15.2 Å². The zero-order valence-corrected chi connectivity index (χ0v) is 12.2. The van der Waals surface area contributed by atoms with Crippen LogP contribution in [0, 0.1) is 18.8 Å². The average molecular weight is 283 g/mol. The Bertz CT molecular complexity index is 503. The molecule has 6 heteroatoms. The number of hydrazone groups is 1. The van der Waals surface area contributed by atoms with E-state index in [0.717, 1.165) is 30.6 Å². The number of aromatic nitrogens is 2. The van der Waals surface area contributed by atoms with Crippen molar-refractivity contribution >= 4 is 23.7 Å². The summed E-state index contributed by atoms with van der Waals surface area (Å²) >= 11 is 6.26. The maximum absolute atomic E-state index is 11.4. The van der Waals surface area contributed by atoms with Crippen molar-refractivity contribution in [2.45, 2.75) is 40.2 Å². The van der Waals surface area contributed by atoms with E-state index in [1.807, 2.05) is 6.92 Å². The number of carbonyl (C=O) groups is 1. The van der Waals surface area contributed by atoms with Crippen LogP contribution in [-0.2, 0) is 11.3 Å². The zero-order valence-electron chi connectivity index (χ0n) is 11.5. The molecule has 104 valence electrons. The third-order valence-corrected chi connectivity index (χ3v) is 3.36. The van der Waals surface area contributed by atoms with Gasteiger partial charge in [0.05, 0.1) is 17.5 Å². The topological polar surface area (TPSA) is 59.3 Å². The highest BCUT2D eigenvalue weighted by atomic mass is 35.5. The fourth-order valence-electron chi connectivity index (χ4n) is 1.78. The fraction of sp³-hybridized carbons (Fsp3) is 0.615. The monoisotopic (exact) mass is 282 g/mol. The molecule has 0 bridgehead atoms. The predicted octanol–water partition coefficient (Wildman–Crippen LogP) is 2.36. The summed E-state index contributed by atoms with van der Waals surface area (Å²) in [5.74, 6) is 0.605. The number of amides is 1. The van der Waals surface area contributed by atoms with Gasteiger partial charge in [-0.05, 0) is 25.7 Å². The minimum Gasteiger partial charge on any atom is -0.273 e. The van der Waals surface area contributed by atoms with E-state index >= 15 is 0 Å². The van der Waals surface area contributed by atoms with Crippen molar-refractivity contribution in [1.29, 1.82) is 0 Å². The molecule has 0 spiro atoms. The summed E-state index contributed by atoms with van der Waals surface area (Å²) in [7, 11) is 0. The van der Waals surface area contributed by atoms with Crippen LogP contribution >= 0.6 is 11.6 Å². The second kappa shape index (κ2) is 5.74. The molecular formula is C13H19ClN4O. The molecule has 1 aliphatic rings. The lowest BCUT2D eigenvalue weighted by molar-refractivity contribution is -0.122. The third-order valence-electron chi connectivity index (χ3n) is 2.96. The molecule has 1 heterocycles. The van der Waals surface area contributed by atoms with Crippen molar-refractivity contribution in [3.8, 4) is 0 Å². The summed E-state index contributed by atoms with van der Waals surface area (Å²) in [5, 5.41) is 8.90. The third kappa shape index (κ3) is 3.56. The van der Waals surface area contributed by atoms with Crippen LogP contribution in [-0.4, -0.2) is 21.9 Å². The van der Waals surface area contributed by atoms with Gasteiger partial charge < -0.3 is 0 Å². The first-order valence-electron chi connectivity index (χ1n) is 6.55. The Morgan fingerprint density at radius 3 is 2.89 bits per heavy atom. The molecule has 19 heavy (non-hydrogen) atoms. The van der Waals surface area contributed by atoms with E-state index in [0.29, 0.717) is 11.1 Å². The van der Waals surface area contributed by atoms with Crippen molar-refractivity contribution in [3.63, 3.8) is 0 Å². The summed E-state index contributed by atoms with van der Waals surface area (Å²) in [6, 6.07) is 0. The van der Waals surface area contributed by atoms with Gasteiger partial charge in [0.2, 0.25) is 5.91 Å². The normalized spacial score (nSPS) is 15.4. The molecule has 1 N–H and O–H groups in total. The second-order valence-corrected chi connectivity index (χ2v) is 5.73. The van der Waals surface area contributed by atoms with Crippen LogP contribution in [0.4, 0.5) is 0 Å². The van der Waals surface area contributed by atoms with Gasteiger partial charge >= 0.3 is 0 Å². The highest BCUT2D eigenvalue weighted by molar-refractivity contribution is 6.32. The van der Waals surface area contributed by atoms with Gasteiger partial charge in [-0.2, -0.15) is 10.2 Å². The molecule has 2 rings (SSSR count). The van der Waals surface area contributed by atoms with E-state index < -0.39 is 0 Å². The van der Waals surface area contributed by atoms with E-state index in [4.69, 9.17) is 11.6 Å². The molecule has 0 saturated heterocycles. The quantitative estimate of drug-likeness (QED) is 0.666. The molecule has 0 unspecified atom stereocenters. The molecule has 0 atom stereocenters. The van der Waals surface area contributed by atoms with Crippen LogP contribution in [0.15, 0.2) is 5.10 Å². The van der Waals surface area contributed by atoms with Crippen LogP contribution in [0.2, 0.25) is 5.15 Å². The van der Waals surface area contributed by atoms with Gasteiger partial charge in [0.1, 0.15) is 5.15 Å². The Hall–Kier alpha value is -1.36. The first kappa shape index (κ1) is 14.1. The van der Waals surface area contributed by atoms with Gasteiger partial charge in [-0.1, -0.05) is 25.4 Å². The van der Waals surface area contributed by atoms with Crippen molar-refractivity contribution in [3.05, 3.63) is 16.4 Å². The molecule has 1 fully saturated rings. The highest BCUT2D eigenvalue weighted by Gasteiger charge is 2.29. The molecule has 0 aromatic carbocycles. The van der Waals surface area contributed by atoms with Gasteiger partial charge in [-0.3, -0.25) is 9.48 Å².